The van der Waals surface area contributed by atoms with Crippen LogP contribution in [0.15, 0.2) is 24.5 Å². The van der Waals surface area contributed by atoms with Gasteiger partial charge in [0.1, 0.15) is 23.6 Å². The number of rotatable bonds is 4. The maximum atomic E-state index is 10.7. The van der Waals surface area contributed by atoms with E-state index in [1.165, 1.54) is 6.33 Å². The SMILES string of the molecule is COc1ccc(CC(=O)O)cc1-n1ncnc1C. The molecule has 1 heterocycles. The van der Waals surface area contributed by atoms with Gasteiger partial charge in [0.2, 0.25) is 0 Å². The summed E-state index contributed by atoms with van der Waals surface area (Å²) in [6.45, 7) is 1.82. The van der Waals surface area contributed by atoms with Crippen LogP contribution >= 0.6 is 0 Å². The second kappa shape index (κ2) is 4.87. The molecule has 2 aromatic rings. The molecule has 6 heteroatoms. The molecule has 0 saturated carbocycles. The van der Waals surface area contributed by atoms with Crippen LogP contribution in [-0.4, -0.2) is 33.0 Å². The Bertz CT molecular complexity index is 578. The van der Waals surface area contributed by atoms with E-state index in [0.717, 1.165) is 0 Å². The first kappa shape index (κ1) is 12.1. The average molecular weight is 247 g/mol. The van der Waals surface area contributed by atoms with E-state index < -0.39 is 5.97 Å². The Kier molecular flexibility index (Phi) is 3.27. The number of nitrogens with zero attached hydrogens (tertiary/aromatic N) is 3. The smallest absolute Gasteiger partial charge is 0.307 e. The van der Waals surface area contributed by atoms with Crippen molar-refractivity contribution in [1.82, 2.24) is 14.8 Å². The molecule has 0 aliphatic carbocycles. The van der Waals surface area contributed by atoms with Gasteiger partial charge in [-0.15, -0.1) is 0 Å². The molecular weight excluding hydrogens is 234 g/mol. The lowest BCUT2D eigenvalue weighted by Gasteiger charge is -2.10. The second-order valence-electron chi connectivity index (χ2n) is 3.80. The molecule has 1 N–H and O–H groups in total. The van der Waals surface area contributed by atoms with Crippen molar-refractivity contribution in [3.63, 3.8) is 0 Å². The molecule has 0 atom stereocenters. The highest BCUT2D eigenvalue weighted by molar-refractivity contribution is 5.70. The lowest BCUT2D eigenvalue weighted by molar-refractivity contribution is -0.136. The summed E-state index contributed by atoms with van der Waals surface area (Å²) in [4.78, 5) is 14.8. The summed E-state index contributed by atoms with van der Waals surface area (Å²) >= 11 is 0. The first-order valence-corrected chi connectivity index (χ1v) is 5.37. The molecule has 0 saturated heterocycles. The van der Waals surface area contributed by atoms with Gasteiger partial charge in [-0.2, -0.15) is 5.10 Å². The first-order chi connectivity index (χ1) is 8.61. The zero-order chi connectivity index (χ0) is 13.1. The highest BCUT2D eigenvalue weighted by atomic mass is 16.5. The van der Waals surface area contributed by atoms with Crippen LogP contribution in [0.1, 0.15) is 11.4 Å². The van der Waals surface area contributed by atoms with Crippen molar-refractivity contribution in [3.05, 3.63) is 35.9 Å². The van der Waals surface area contributed by atoms with Gasteiger partial charge in [0.25, 0.3) is 0 Å². The molecule has 0 amide bonds. The van der Waals surface area contributed by atoms with E-state index >= 15 is 0 Å². The zero-order valence-corrected chi connectivity index (χ0v) is 10.1. The van der Waals surface area contributed by atoms with Gasteiger partial charge in [0.05, 0.1) is 13.5 Å². The third-order valence-electron chi connectivity index (χ3n) is 2.55. The van der Waals surface area contributed by atoms with Crippen molar-refractivity contribution >= 4 is 5.97 Å². The third kappa shape index (κ3) is 2.32. The largest absolute Gasteiger partial charge is 0.494 e. The summed E-state index contributed by atoms with van der Waals surface area (Å²) < 4.78 is 6.86. The first-order valence-electron chi connectivity index (χ1n) is 5.37. The number of carboxylic acids is 1. The molecule has 0 unspecified atom stereocenters. The summed E-state index contributed by atoms with van der Waals surface area (Å²) in [6, 6.07) is 5.20. The lowest BCUT2D eigenvalue weighted by atomic mass is 10.1. The minimum atomic E-state index is -0.874. The molecule has 0 spiro atoms. The Morgan fingerprint density at radius 2 is 2.28 bits per heavy atom. The predicted octanol–water partition coefficient (Wildman–Crippen LogP) is 1.21. The quantitative estimate of drug-likeness (QED) is 0.878. The van der Waals surface area contributed by atoms with E-state index in [1.807, 2.05) is 6.92 Å². The van der Waals surface area contributed by atoms with E-state index in [1.54, 1.807) is 30.0 Å². The predicted molar refractivity (Wildman–Crippen MR) is 64.0 cm³/mol. The van der Waals surface area contributed by atoms with Crippen molar-refractivity contribution in [2.75, 3.05) is 7.11 Å². The zero-order valence-electron chi connectivity index (χ0n) is 10.1. The van der Waals surface area contributed by atoms with Crippen LogP contribution in [0.4, 0.5) is 0 Å². The topological polar surface area (TPSA) is 77.2 Å². The number of benzene rings is 1. The molecule has 1 aromatic carbocycles. The standard InChI is InChI=1S/C12H13N3O3/c1-8-13-7-14-15(8)10-5-9(6-12(16)17)3-4-11(10)18-2/h3-5,7H,6H2,1-2H3,(H,16,17). The van der Waals surface area contributed by atoms with Gasteiger partial charge >= 0.3 is 5.97 Å². The maximum absolute atomic E-state index is 10.7. The van der Waals surface area contributed by atoms with Gasteiger partial charge in [-0.3, -0.25) is 4.79 Å². The fraction of sp³-hybridized carbons (Fsp3) is 0.250. The van der Waals surface area contributed by atoms with E-state index in [9.17, 15) is 4.79 Å². The molecule has 0 bridgehead atoms. The van der Waals surface area contributed by atoms with E-state index in [2.05, 4.69) is 10.1 Å². The Balaban J connectivity index is 2.49. The molecule has 0 fully saturated rings. The van der Waals surface area contributed by atoms with Gasteiger partial charge in [-0.25, -0.2) is 9.67 Å². The van der Waals surface area contributed by atoms with Crippen molar-refractivity contribution in [1.29, 1.82) is 0 Å². The number of methoxy groups -OCH3 is 1. The minimum Gasteiger partial charge on any atom is -0.494 e. The summed E-state index contributed by atoms with van der Waals surface area (Å²) in [6.07, 6.45) is 1.41. The number of carbonyl (C=O) groups is 1. The van der Waals surface area contributed by atoms with Crippen LogP contribution < -0.4 is 4.74 Å². The summed E-state index contributed by atoms with van der Waals surface area (Å²) in [5.74, 6) is 0.458. The number of aryl methyl sites for hydroxylation is 1. The van der Waals surface area contributed by atoms with Crippen LogP contribution in [0.3, 0.4) is 0 Å². The molecule has 1 aromatic heterocycles. The number of hydrogen-bond donors (Lipinski definition) is 1. The molecular formula is C12H13N3O3. The molecule has 2 rings (SSSR count). The van der Waals surface area contributed by atoms with E-state index in [0.29, 0.717) is 22.8 Å². The fourth-order valence-electron chi connectivity index (χ4n) is 1.72. The van der Waals surface area contributed by atoms with Crippen LogP contribution in [0.25, 0.3) is 5.69 Å². The van der Waals surface area contributed by atoms with Crippen molar-refractivity contribution in [2.45, 2.75) is 13.3 Å². The van der Waals surface area contributed by atoms with E-state index in [4.69, 9.17) is 9.84 Å². The second-order valence-corrected chi connectivity index (χ2v) is 3.80. The van der Waals surface area contributed by atoms with Crippen LogP contribution in [0, 0.1) is 6.92 Å². The van der Waals surface area contributed by atoms with Crippen molar-refractivity contribution < 1.29 is 14.6 Å². The Morgan fingerprint density at radius 3 is 2.83 bits per heavy atom. The van der Waals surface area contributed by atoms with Crippen LogP contribution in [0.5, 0.6) is 5.75 Å². The Hall–Kier alpha value is -2.37. The monoisotopic (exact) mass is 247 g/mol. The molecule has 0 aliphatic heterocycles. The van der Waals surface area contributed by atoms with Crippen LogP contribution in [-0.2, 0) is 11.2 Å². The Labute approximate surface area is 104 Å². The average Bonchev–Trinajstić information content (AvgIpc) is 2.74. The normalized spacial score (nSPS) is 10.3. The molecule has 6 nitrogen and oxygen atoms in total. The summed E-state index contributed by atoms with van der Waals surface area (Å²) in [5, 5.41) is 12.9. The molecule has 0 radical (unpaired) electrons. The van der Waals surface area contributed by atoms with Gasteiger partial charge in [0.15, 0.2) is 0 Å². The Morgan fingerprint density at radius 1 is 1.50 bits per heavy atom. The van der Waals surface area contributed by atoms with E-state index in [-0.39, 0.29) is 6.42 Å². The number of carboxylic acid groups (broad SMARTS) is 1. The lowest BCUT2D eigenvalue weighted by Crippen LogP contribution is -2.05. The van der Waals surface area contributed by atoms with Gasteiger partial charge in [-0.1, -0.05) is 6.07 Å². The highest BCUT2D eigenvalue weighted by Crippen LogP contribution is 2.24. The number of ether oxygens (including phenoxy) is 1. The van der Waals surface area contributed by atoms with Crippen LogP contribution in [0.2, 0.25) is 0 Å². The summed E-state index contributed by atoms with van der Waals surface area (Å²) in [7, 11) is 1.56. The van der Waals surface area contributed by atoms with Gasteiger partial charge in [0, 0.05) is 0 Å². The number of aliphatic carboxylic acids is 1. The van der Waals surface area contributed by atoms with Crippen molar-refractivity contribution in [2.24, 2.45) is 0 Å². The fourth-order valence-corrected chi connectivity index (χ4v) is 1.72. The number of hydrogen-bond acceptors (Lipinski definition) is 4. The summed E-state index contributed by atoms with van der Waals surface area (Å²) in [5.41, 5.74) is 1.37. The van der Waals surface area contributed by atoms with Crippen molar-refractivity contribution in [3.8, 4) is 11.4 Å². The molecule has 0 aliphatic rings. The third-order valence-corrected chi connectivity index (χ3v) is 2.55. The van der Waals surface area contributed by atoms with Gasteiger partial charge < -0.3 is 9.84 Å². The maximum Gasteiger partial charge on any atom is 0.307 e. The molecule has 18 heavy (non-hydrogen) atoms. The van der Waals surface area contributed by atoms with Gasteiger partial charge in [-0.05, 0) is 24.6 Å². The molecule has 94 valence electrons. The highest BCUT2D eigenvalue weighted by Gasteiger charge is 2.11. The number of aromatic nitrogens is 3. The minimum absolute atomic E-state index is 0.0370.